The van der Waals surface area contributed by atoms with Gasteiger partial charge in [-0.1, -0.05) is 40.8 Å². The van der Waals surface area contributed by atoms with Crippen LogP contribution in [0, 0.1) is 5.82 Å². The zero-order valence-electron chi connectivity index (χ0n) is 8.16. The first-order valence-corrected chi connectivity index (χ1v) is 6.37. The molecule has 0 amide bonds. The van der Waals surface area contributed by atoms with Gasteiger partial charge >= 0.3 is 0 Å². The standard InChI is InChI=1S/C11H12FIO2/c12-10-4-2-1-3-9(10)11(5-13)15-8-6-14-7-8/h1-4,8,11H,5-7H2. The van der Waals surface area contributed by atoms with Crippen molar-refractivity contribution in [2.45, 2.75) is 12.2 Å². The fourth-order valence-corrected chi connectivity index (χ4v) is 2.14. The van der Waals surface area contributed by atoms with Gasteiger partial charge in [0.15, 0.2) is 0 Å². The Morgan fingerprint density at radius 1 is 1.47 bits per heavy atom. The second-order valence-electron chi connectivity index (χ2n) is 3.46. The lowest BCUT2D eigenvalue weighted by Gasteiger charge is -2.30. The molecule has 0 N–H and O–H groups in total. The van der Waals surface area contributed by atoms with Crippen molar-refractivity contribution in [3.8, 4) is 0 Å². The third-order valence-corrected chi connectivity index (χ3v) is 3.16. The highest BCUT2D eigenvalue weighted by molar-refractivity contribution is 14.1. The van der Waals surface area contributed by atoms with Gasteiger partial charge in [-0.2, -0.15) is 0 Å². The number of ether oxygens (including phenoxy) is 2. The van der Waals surface area contributed by atoms with E-state index in [9.17, 15) is 4.39 Å². The van der Waals surface area contributed by atoms with Crippen LogP contribution >= 0.6 is 22.6 Å². The first-order valence-electron chi connectivity index (χ1n) is 4.85. The third kappa shape index (κ3) is 2.68. The van der Waals surface area contributed by atoms with Crippen LogP contribution in [0.2, 0.25) is 0 Å². The van der Waals surface area contributed by atoms with E-state index in [1.165, 1.54) is 6.07 Å². The van der Waals surface area contributed by atoms with Gasteiger partial charge in [0.25, 0.3) is 0 Å². The molecule has 2 rings (SSSR count). The molecule has 1 heterocycles. The van der Waals surface area contributed by atoms with Crippen LogP contribution in [0.5, 0.6) is 0 Å². The van der Waals surface area contributed by atoms with Crippen LogP contribution in [-0.2, 0) is 9.47 Å². The monoisotopic (exact) mass is 322 g/mol. The maximum Gasteiger partial charge on any atom is 0.129 e. The molecule has 0 spiro atoms. The Balaban J connectivity index is 2.07. The fraction of sp³-hybridized carbons (Fsp3) is 0.455. The van der Waals surface area contributed by atoms with Crippen LogP contribution in [-0.4, -0.2) is 23.7 Å². The number of rotatable bonds is 4. The van der Waals surface area contributed by atoms with E-state index < -0.39 is 0 Å². The smallest absolute Gasteiger partial charge is 0.129 e. The van der Waals surface area contributed by atoms with Gasteiger partial charge in [-0.15, -0.1) is 0 Å². The summed E-state index contributed by atoms with van der Waals surface area (Å²) in [4.78, 5) is 0. The predicted molar refractivity (Wildman–Crippen MR) is 63.7 cm³/mol. The average molecular weight is 322 g/mol. The summed E-state index contributed by atoms with van der Waals surface area (Å²) in [7, 11) is 0. The number of hydrogen-bond donors (Lipinski definition) is 0. The summed E-state index contributed by atoms with van der Waals surface area (Å²) in [5, 5.41) is 0. The van der Waals surface area contributed by atoms with Crippen molar-refractivity contribution in [1.29, 1.82) is 0 Å². The van der Waals surface area contributed by atoms with E-state index in [4.69, 9.17) is 9.47 Å². The minimum Gasteiger partial charge on any atom is -0.376 e. The van der Waals surface area contributed by atoms with Crippen molar-refractivity contribution in [3.63, 3.8) is 0 Å². The quantitative estimate of drug-likeness (QED) is 0.627. The highest BCUT2D eigenvalue weighted by Crippen LogP contribution is 2.25. The molecular weight excluding hydrogens is 310 g/mol. The lowest BCUT2D eigenvalue weighted by Crippen LogP contribution is -2.37. The van der Waals surface area contributed by atoms with E-state index in [1.54, 1.807) is 12.1 Å². The molecule has 1 saturated heterocycles. The van der Waals surface area contributed by atoms with Crippen LogP contribution in [0.25, 0.3) is 0 Å². The Morgan fingerprint density at radius 3 is 2.73 bits per heavy atom. The molecule has 1 fully saturated rings. The summed E-state index contributed by atoms with van der Waals surface area (Å²) >= 11 is 2.21. The number of hydrogen-bond acceptors (Lipinski definition) is 2. The summed E-state index contributed by atoms with van der Waals surface area (Å²) in [5.74, 6) is -0.195. The summed E-state index contributed by atoms with van der Waals surface area (Å²) < 4.78 is 25.0. The minimum atomic E-state index is -0.195. The molecule has 0 radical (unpaired) electrons. The molecule has 0 bridgehead atoms. The third-order valence-electron chi connectivity index (χ3n) is 2.36. The Bertz CT molecular complexity index is 328. The summed E-state index contributed by atoms with van der Waals surface area (Å²) in [6.07, 6.45) is -0.0370. The first-order chi connectivity index (χ1) is 7.31. The first kappa shape index (κ1) is 11.3. The topological polar surface area (TPSA) is 18.5 Å². The van der Waals surface area contributed by atoms with Crippen LogP contribution in [0.15, 0.2) is 24.3 Å². The zero-order chi connectivity index (χ0) is 10.7. The SMILES string of the molecule is Fc1ccccc1C(CI)OC1COC1. The highest BCUT2D eigenvalue weighted by Gasteiger charge is 2.25. The Morgan fingerprint density at radius 2 is 2.20 bits per heavy atom. The number of halogens is 2. The van der Waals surface area contributed by atoms with Gasteiger partial charge in [0.2, 0.25) is 0 Å². The Labute approximate surface area is 102 Å². The Kier molecular flexibility index (Phi) is 3.93. The van der Waals surface area contributed by atoms with Crippen molar-refractivity contribution in [2.24, 2.45) is 0 Å². The van der Waals surface area contributed by atoms with Gasteiger partial charge in [-0.25, -0.2) is 4.39 Å². The van der Waals surface area contributed by atoms with Crippen LogP contribution in [0.4, 0.5) is 4.39 Å². The molecule has 4 heteroatoms. The average Bonchev–Trinajstić information content (AvgIpc) is 2.19. The maximum absolute atomic E-state index is 13.5. The molecule has 1 unspecified atom stereocenters. The van der Waals surface area contributed by atoms with E-state index in [1.807, 2.05) is 6.07 Å². The van der Waals surface area contributed by atoms with Gasteiger partial charge in [0.05, 0.1) is 19.3 Å². The largest absolute Gasteiger partial charge is 0.376 e. The van der Waals surface area contributed by atoms with E-state index in [-0.39, 0.29) is 18.0 Å². The molecule has 15 heavy (non-hydrogen) atoms. The molecule has 1 aromatic carbocycles. The zero-order valence-corrected chi connectivity index (χ0v) is 10.3. The summed E-state index contributed by atoms with van der Waals surface area (Å²) in [6.45, 7) is 1.25. The van der Waals surface area contributed by atoms with Crippen molar-refractivity contribution in [2.75, 3.05) is 17.6 Å². The van der Waals surface area contributed by atoms with Crippen LogP contribution in [0.3, 0.4) is 0 Å². The van der Waals surface area contributed by atoms with E-state index >= 15 is 0 Å². The normalized spacial score (nSPS) is 18.5. The van der Waals surface area contributed by atoms with E-state index in [0.29, 0.717) is 18.8 Å². The molecule has 0 aromatic heterocycles. The highest BCUT2D eigenvalue weighted by atomic mass is 127. The minimum absolute atomic E-state index is 0.129. The molecular formula is C11H12FIO2. The van der Waals surface area contributed by atoms with Gasteiger partial charge < -0.3 is 9.47 Å². The van der Waals surface area contributed by atoms with Gasteiger partial charge in [-0.05, 0) is 6.07 Å². The van der Waals surface area contributed by atoms with Crippen molar-refractivity contribution >= 4 is 22.6 Å². The molecule has 1 atom stereocenters. The summed E-state index contributed by atoms with van der Waals surface area (Å²) in [6, 6.07) is 6.77. The van der Waals surface area contributed by atoms with Gasteiger partial charge in [-0.3, -0.25) is 0 Å². The van der Waals surface area contributed by atoms with Crippen molar-refractivity contribution in [1.82, 2.24) is 0 Å². The van der Waals surface area contributed by atoms with E-state index in [0.717, 1.165) is 4.43 Å². The second kappa shape index (κ2) is 5.23. The van der Waals surface area contributed by atoms with E-state index in [2.05, 4.69) is 22.6 Å². The van der Waals surface area contributed by atoms with Crippen LogP contribution < -0.4 is 0 Å². The van der Waals surface area contributed by atoms with Crippen LogP contribution in [0.1, 0.15) is 11.7 Å². The number of benzene rings is 1. The predicted octanol–water partition coefficient (Wildman–Crippen LogP) is 2.72. The molecule has 1 aliphatic rings. The molecule has 1 aliphatic heterocycles. The fourth-order valence-electron chi connectivity index (χ4n) is 1.45. The lowest BCUT2D eigenvalue weighted by molar-refractivity contribution is -0.151. The number of alkyl halides is 1. The summed E-state index contributed by atoms with van der Waals surface area (Å²) in [5.41, 5.74) is 0.638. The van der Waals surface area contributed by atoms with Gasteiger partial charge in [0.1, 0.15) is 11.9 Å². The molecule has 2 nitrogen and oxygen atoms in total. The second-order valence-corrected chi connectivity index (χ2v) is 4.34. The maximum atomic E-state index is 13.5. The molecule has 1 aromatic rings. The molecule has 0 saturated carbocycles. The molecule has 82 valence electrons. The van der Waals surface area contributed by atoms with Crippen molar-refractivity contribution in [3.05, 3.63) is 35.6 Å². The molecule has 0 aliphatic carbocycles. The van der Waals surface area contributed by atoms with Gasteiger partial charge in [0, 0.05) is 9.99 Å². The lowest BCUT2D eigenvalue weighted by atomic mass is 10.1. The Hall–Kier alpha value is -0.200. The van der Waals surface area contributed by atoms with Crippen molar-refractivity contribution < 1.29 is 13.9 Å².